The molecule has 0 aliphatic carbocycles. The van der Waals surface area contributed by atoms with Gasteiger partial charge in [-0.25, -0.2) is 0 Å². The molecule has 1 aliphatic heterocycles. The summed E-state index contributed by atoms with van der Waals surface area (Å²) in [5.74, 6) is 0. The molecule has 0 aromatic carbocycles. The van der Waals surface area contributed by atoms with Gasteiger partial charge in [0.25, 0.3) is 0 Å². The van der Waals surface area contributed by atoms with E-state index in [0.717, 1.165) is 26.1 Å². The smallest absolute Gasteiger partial charge is 0.372 e. The molecular weight excluding hydrogens is 221 g/mol. The van der Waals surface area contributed by atoms with Crippen LogP contribution in [0.3, 0.4) is 0 Å². The maximum absolute atomic E-state index is 11.7. The third-order valence-electron chi connectivity index (χ3n) is 2.71. The third kappa shape index (κ3) is 5.67. The highest BCUT2D eigenvalue weighted by Gasteiger charge is 2.27. The Morgan fingerprint density at radius 1 is 1.44 bits per heavy atom. The summed E-state index contributed by atoms with van der Waals surface area (Å²) in [4.78, 5) is 2.25. The topological polar surface area (TPSA) is 24.5 Å². The van der Waals surface area contributed by atoms with E-state index in [1.165, 1.54) is 0 Å². The molecule has 0 aromatic heterocycles. The van der Waals surface area contributed by atoms with E-state index >= 15 is 0 Å². The zero-order valence-corrected chi connectivity index (χ0v) is 9.52. The van der Waals surface area contributed by atoms with Crippen molar-refractivity contribution < 1.29 is 17.9 Å². The number of hydrogen-bond acceptors (Lipinski definition) is 3. The lowest BCUT2D eigenvalue weighted by Crippen LogP contribution is -2.30. The summed E-state index contributed by atoms with van der Waals surface area (Å²) >= 11 is 0. The Morgan fingerprint density at radius 3 is 2.75 bits per heavy atom. The highest BCUT2D eigenvalue weighted by Crippen LogP contribution is 2.14. The number of hydrogen-bond donors (Lipinski definition) is 1. The van der Waals surface area contributed by atoms with Gasteiger partial charge >= 0.3 is 6.18 Å². The van der Waals surface area contributed by atoms with Crippen LogP contribution < -0.4 is 5.32 Å². The van der Waals surface area contributed by atoms with Crippen molar-refractivity contribution in [3.63, 3.8) is 0 Å². The van der Waals surface area contributed by atoms with E-state index in [2.05, 4.69) is 15.0 Å². The van der Waals surface area contributed by atoms with Crippen LogP contribution in [-0.2, 0) is 4.74 Å². The minimum Gasteiger partial charge on any atom is -0.372 e. The Labute approximate surface area is 93.9 Å². The van der Waals surface area contributed by atoms with Gasteiger partial charge in [-0.1, -0.05) is 0 Å². The summed E-state index contributed by atoms with van der Waals surface area (Å²) in [5, 5.41) is 3.19. The van der Waals surface area contributed by atoms with Gasteiger partial charge in [0.2, 0.25) is 0 Å². The van der Waals surface area contributed by atoms with Gasteiger partial charge in [-0.15, -0.1) is 0 Å². The molecular formula is C10H19F3N2O. The van der Waals surface area contributed by atoms with Crippen molar-refractivity contribution in [1.82, 2.24) is 10.2 Å². The van der Waals surface area contributed by atoms with E-state index in [9.17, 15) is 13.2 Å². The van der Waals surface area contributed by atoms with Crippen LogP contribution in [0.5, 0.6) is 0 Å². The van der Waals surface area contributed by atoms with Gasteiger partial charge in [-0.2, -0.15) is 13.2 Å². The predicted molar refractivity (Wildman–Crippen MR) is 55.4 cm³/mol. The zero-order valence-electron chi connectivity index (χ0n) is 9.52. The summed E-state index contributed by atoms with van der Waals surface area (Å²) in [7, 11) is 1.93. The van der Waals surface area contributed by atoms with Gasteiger partial charge in [0, 0.05) is 25.7 Å². The lowest BCUT2D eigenvalue weighted by molar-refractivity contribution is -0.174. The molecule has 1 unspecified atom stereocenters. The number of halogens is 3. The van der Waals surface area contributed by atoms with Gasteiger partial charge in [0.15, 0.2) is 0 Å². The molecule has 1 rings (SSSR count). The zero-order chi connectivity index (χ0) is 12.0. The summed E-state index contributed by atoms with van der Waals surface area (Å²) in [6, 6.07) is 0.524. The number of likely N-dealkylation sites (N-methyl/N-ethyl adjacent to an activating group) is 1. The van der Waals surface area contributed by atoms with Crippen LogP contribution in [0, 0.1) is 0 Å². The molecule has 1 saturated heterocycles. The average Bonchev–Trinajstić information content (AvgIpc) is 2.63. The highest BCUT2D eigenvalue weighted by atomic mass is 19.4. The third-order valence-corrected chi connectivity index (χ3v) is 2.71. The number of nitrogens with zero attached hydrogens (tertiary/aromatic N) is 1. The van der Waals surface area contributed by atoms with Crippen molar-refractivity contribution in [2.75, 3.05) is 39.9 Å². The molecule has 0 bridgehead atoms. The van der Waals surface area contributed by atoms with Gasteiger partial charge in [-0.3, -0.25) is 0 Å². The second kappa shape index (κ2) is 6.42. The van der Waals surface area contributed by atoms with Crippen LogP contribution in [0.25, 0.3) is 0 Å². The van der Waals surface area contributed by atoms with Gasteiger partial charge in [0.05, 0.1) is 0 Å². The summed E-state index contributed by atoms with van der Waals surface area (Å²) in [6.45, 7) is 1.86. The molecule has 6 heteroatoms. The predicted octanol–water partition coefficient (Wildman–Crippen LogP) is 1.25. The fourth-order valence-corrected chi connectivity index (χ4v) is 1.85. The number of rotatable bonds is 6. The molecule has 1 N–H and O–H groups in total. The van der Waals surface area contributed by atoms with Crippen LogP contribution in [0.15, 0.2) is 0 Å². The number of ether oxygens (including phenoxy) is 1. The summed E-state index contributed by atoms with van der Waals surface area (Å²) in [5.41, 5.74) is 0. The van der Waals surface area contributed by atoms with Gasteiger partial charge in [0.1, 0.15) is 6.61 Å². The Bertz CT molecular complexity index is 199. The van der Waals surface area contributed by atoms with Crippen LogP contribution in [0.1, 0.15) is 12.8 Å². The maximum atomic E-state index is 11.7. The fraction of sp³-hybridized carbons (Fsp3) is 1.00. The molecule has 0 aromatic rings. The first-order chi connectivity index (χ1) is 7.51. The second-order valence-electron chi connectivity index (χ2n) is 4.10. The summed E-state index contributed by atoms with van der Waals surface area (Å²) < 4.78 is 39.8. The van der Waals surface area contributed by atoms with E-state index in [0.29, 0.717) is 12.5 Å². The lowest BCUT2D eigenvalue weighted by Gasteiger charge is -2.15. The normalized spacial score (nSPS) is 22.9. The maximum Gasteiger partial charge on any atom is 0.411 e. The standard InChI is InChI=1S/C10H19F3N2O/c1-14-9-3-5-15(7-9)4-2-6-16-8-10(11,12)13/h9,14H,2-8H2,1H3. The van der Waals surface area contributed by atoms with Crippen molar-refractivity contribution in [1.29, 1.82) is 0 Å². The second-order valence-corrected chi connectivity index (χ2v) is 4.10. The van der Waals surface area contributed by atoms with Crippen molar-refractivity contribution in [2.24, 2.45) is 0 Å². The Kier molecular flexibility index (Phi) is 5.51. The van der Waals surface area contributed by atoms with E-state index in [4.69, 9.17) is 0 Å². The fourth-order valence-electron chi connectivity index (χ4n) is 1.85. The molecule has 16 heavy (non-hydrogen) atoms. The van der Waals surface area contributed by atoms with Crippen LogP contribution in [0.4, 0.5) is 13.2 Å². The van der Waals surface area contributed by atoms with Gasteiger partial charge < -0.3 is 15.0 Å². The quantitative estimate of drug-likeness (QED) is 0.707. The van der Waals surface area contributed by atoms with Gasteiger partial charge in [-0.05, 0) is 26.4 Å². The van der Waals surface area contributed by atoms with Crippen LogP contribution >= 0.6 is 0 Å². The SMILES string of the molecule is CNC1CCN(CCCOCC(F)(F)F)C1. The average molecular weight is 240 g/mol. The lowest BCUT2D eigenvalue weighted by atomic mass is 10.3. The molecule has 0 saturated carbocycles. The largest absolute Gasteiger partial charge is 0.411 e. The van der Waals surface area contributed by atoms with Crippen LogP contribution in [-0.4, -0.2) is 57.0 Å². The minimum atomic E-state index is -4.20. The van der Waals surface area contributed by atoms with E-state index in [-0.39, 0.29) is 6.61 Å². The van der Waals surface area contributed by atoms with Crippen molar-refractivity contribution in [2.45, 2.75) is 25.1 Å². The molecule has 1 fully saturated rings. The first kappa shape index (κ1) is 13.7. The first-order valence-corrected chi connectivity index (χ1v) is 5.55. The Balaban J connectivity index is 1.96. The first-order valence-electron chi connectivity index (χ1n) is 5.55. The number of nitrogens with one attached hydrogen (secondary N) is 1. The van der Waals surface area contributed by atoms with E-state index < -0.39 is 12.8 Å². The molecule has 0 spiro atoms. The number of likely N-dealkylation sites (tertiary alicyclic amines) is 1. The minimum absolute atomic E-state index is 0.181. The molecule has 1 heterocycles. The molecule has 1 aliphatic rings. The summed E-state index contributed by atoms with van der Waals surface area (Å²) in [6.07, 6.45) is -2.43. The van der Waals surface area contributed by atoms with E-state index in [1.807, 2.05) is 7.05 Å². The molecule has 96 valence electrons. The highest BCUT2D eigenvalue weighted by molar-refractivity contribution is 4.79. The van der Waals surface area contributed by atoms with Crippen molar-refractivity contribution >= 4 is 0 Å². The van der Waals surface area contributed by atoms with Crippen LogP contribution in [0.2, 0.25) is 0 Å². The van der Waals surface area contributed by atoms with Crippen molar-refractivity contribution in [3.8, 4) is 0 Å². The van der Waals surface area contributed by atoms with E-state index in [1.54, 1.807) is 0 Å². The molecule has 3 nitrogen and oxygen atoms in total. The Hall–Kier alpha value is -0.330. The van der Waals surface area contributed by atoms with Crippen molar-refractivity contribution in [3.05, 3.63) is 0 Å². The monoisotopic (exact) mass is 240 g/mol. The molecule has 0 radical (unpaired) electrons. The Morgan fingerprint density at radius 2 is 2.19 bits per heavy atom. The molecule has 1 atom stereocenters. The number of alkyl halides is 3. The molecule has 0 amide bonds.